The Hall–Kier alpha value is -4.09. The number of fused-ring (bicyclic) bond motifs is 3. The minimum atomic E-state index is -0.308. The minimum absolute atomic E-state index is 0.177. The number of halogens is 2. The predicted octanol–water partition coefficient (Wildman–Crippen LogP) is 9.34. The first kappa shape index (κ1) is 27.1. The van der Waals surface area contributed by atoms with Crippen LogP contribution in [0, 0.1) is 18.7 Å². The number of anilines is 1. The first-order valence-corrected chi connectivity index (χ1v) is 14.4. The highest BCUT2D eigenvalue weighted by atomic mass is 35.5. The fourth-order valence-electron chi connectivity index (χ4n) is 5.81. The molecule has 1 N–H and O–H groups in total. The van der Waals surface area contributed by atoms with Crippen LogP contribution in [0.5, 0.6) is 11.5 Å². The molecule has 2 aliphatic rings. The molecule has 0 spiro atoms. The maximum atomic E-state index is 13.6. The maximum Gasteiger partial charge on any atom is 0.180 e. The normalized spacial score (nSPS) is 19.1. The van der Waals surface area contributed by atoms with Crippen LogP contribution in [-0.2, 0) is 6.61 Å². The Morgan fingerprint density at radius 3 is 2.68 bits per heavy atom. The molecule has 4 aromatic rings. The second-order valence-corrected chi connectivity index (χ2v) is 11.0. The smallest absolute Gasteiger partial charge is 0.180 e. The van der Waals surface area contributed by atoms with Gasteiger partial charge in [-0.3, -0.25) is 4.99 Å². The molecule has 1 heterocycles. The quantitative estimate of drug-likeness (QED) is 0.171. The van der Waals surface area contributed by atoms with E-state index in [4.69, 9.17) is 26.1 Å². The van der Waals surface area contributed by atoms with Gasteiger partial charge in [-0.1, -0.05) is 65.7 Å². The Bertz CT molecular complexity index is 1620. The monoisotopic (exact) mass is 566 g/mol. The predicted molar refractivity (Wildman–Crippen MR) is 165 cm³/mol. The zero-order chi connectivity index (χ0) is 28.3. The molecule has 0 saturated carbocycles. The van der Waals surface area contributed by atoms with Crippen molar-refractivity contribution in [2.24, 2.45) is 10.9 Å². The second-order valence-electron chi connectivity index (χ2n) is 10.6. The number of aryl methyl sites for hydroxylation is 1. The summed E-state index contributed by atoms with van der Waals surface area (Å²) < 4.78 is 25.3. The zero-order valence-electron chi connectivity index (χ0n) is 23.1. The van der Waals surface area contributed by atoms with E-state index in [-0.39, 0.29) is 18.5 Å². The van der Waals surface area contributed by atoms with E-state index in [1.54, 1.807) is 24.4 Å². The lowest BCUT2D eigenvalue weighted by Gasteiger charge is -2.37. The van der Waals surface area contributed by atoms with Gasteiger partial charge in [0.1, 0.15) is 12.4 Å². The summed E-state index contributed by atoms with van der Waals surface area (Å²) in [6.45, 7) is 4.68. The van der Waals surface area contributed by atoms with E-state index in [0.29, 0.717) is 40.5 Å². The largest absolute Gasteiger partial charge is 0.490 e. The molecule has 1 aliphatic heterocycles. The Morgan fingerprint density at radius 2 is 1.88 bits per heavy atom. The van der Waals surface area contributed by atoms with Crippen LogP contribution >= 0.6 is 11.6 Å². The number of aliphatic imine (C=N–C) groups is 1. The molecule has 0 aromatic heterocycles. The van der Waals surface area contributed by atoms with Crippen molar-refractivity contribution in [2.75, 3.05) is 11.9 Å². The van der Waals surface area contributed by atoms with Crippen molar-refractivity contribution >= 4 is 29.2 Å². The Morgan fingerprint density at radius 1 is 1.02 bits per heavy atom. The van der Waals surface area contributed by atoms with Crippen LogP contribution < -0.4 is 14.8 Å². The van der Waals surface area contributed by atoms with E-state index in [0.717, 1.165) is 17.7 Å². The van der Waals surface area contributed by atoms with Gasteiger partial charge in [-0.25, -0.2) is 4.39 Å². The highest BCUT2D eigenvalue weighted by molar-refractivity contribution is 6.32. The van der Waals surface area contributed by atoms with E-state index in [1.165, 1.54) is 34.5 Å². The molecule has 4 nitrogen and oxygen atoms in total. The number of hydrogen-bond acceptors (Lipinski definition) is 4. The summed E-state index contributed by atoms with van der Waals surface area (Å²) in [5, 5.41) is 4.21. The maximum absolute atomic E-state index is 13.6. The van der Waals surface area contributed by atoms with Gasteiger partial charge < -0.3 is 14.8 Å². The molecule has 0 amide bonds. The SMILES string of the molecule is CCOc1cc(C=Nc2ccc([C@@H]3Nc4ccc(C)cc4[C@@H]4C=CC[C@@H]43)cc2)cc(Cl)c1OCc1cccc(F)c1. The molecule has 0 radical (unpaired) electrons. The Kier molecular flexibility index (Phi) is 7.80. The van der Waals surface area contributed by atoms with Gasteiger partial charge in [-0.2, -0.15) is 0 Å². The number of hydrogen-bond donors (Lipinski definition) is 1. The van der Waals surface area contributed by atoms with Gasteiger partial charge >= 0.3 is 0 Å². The first-order valence-electron chi connectivity index (χ1n) is 14.0. The lowest BCUT2D eigenvalue weighted by molar-refractivity contribution is 0.269. The van der Waals surface area contributed by atoms with Crippen molar-refractivity contribution in [1.29, 1.82) is 0 Å². The van der Waals surface area contributed by atoms with Crippen LogP contribution in [0.3, 0.4) is 0 Å². The Labute approximate surface area is 245 Å². The van der Waals surface area contributed by atoms with Crippen molar-refractivity contribution in [3.05, 3.63) is 130 Å². The molecular weight excluding hydrogens is 535 g/mol. The van der Waals surface area contributed by atoms with Gasteiger partial charge in [0.05, 0.1) is 23.4 Å². The molecule has 6 rings (SSSR count). The van der Waals surface area contributed by atoms with E-state index >= 15 is 0 Å². The fourth-order valence-corrected chi connectivity index (χ4v) is 6.08. The highest BCUT2D eigenvalue weighted by Gasteiger charge is 2.37. The zero-order valence-corrected chi connectivity index (χ0v) is 23.9. The summed E-state index contributed by atoms with van der Waals surface area (Å²) in [5.41, 5.74) is 7.53. The summed E-state index contributed by atoms with van der Waals surface area (Å²) in [6.07, 6.45) is 7.53. The first-order chi connectivity index (χ1) is 20.0. The summed E-state index contributed by atoms with van der Waals surface area (Å²) in [7, 11) is 0. The number of benzene rings is 4. The van der Waals surface area contributed by atoms with Crippen LogP contribution in [0.1, 0.15) is 53.1 Å². The Balaban J connectivity index is 1.18. The second kappa shape index (κ2) is 11.8. The van der Waals surface area contributed by atoms with Gasteiger partial charge in [0, 0.05) is 17.8 Å². The van der Waals surface area contributed by atoms with E-state index in [9.17, 15) is 4.39 Å². The summed E-state index contributed by atoms with van der Waals surface area (Å²) in [6, 6.07) is 25.3. The molecule has 3 atom stereocenters. The van der Waals surface area contributed by atoms with Crippen LogP contribution in [0.15, 0.2) is 96.0 Å². The van der Waals surface area contributed by atoms with Crippen molar-refractivity contribution in [3.8, 4) is 11.5 Å². The van der Waals surface area contributed by atoms with Crippen molar-refractivity contribution in [3.63, 3.8) is 0 Å². The third-order valence-corrected chi connectivity index (χ3v) is 8.02. The van der Waals surface area contributed by atoms with Crippen LogP contribution in [-0.4, -0.2) is 12.8 Å². The molecule has 41 heavy (non-hydrogen) atoms. The third-order valence-electron chi connectivity index (χ3n) is 7.74. The fraction of sp³-hybridized carbons (Fsp3) is 0.229. The molecular formula is C35H32ClFN2O2. The van der Waals surface area contributed by atoms with Gasteiger partial charge in [0.25, 0.3) is 0 Å². The summed E-state index contributed by atoms with van der Waals surface area (Å²) in [4.78, 5) is 4.70. The number of ether oxygens (including phenoxy) is 2. The van der Waals surface area contributed by atoms with E-state index < -0.39 is 0 Å². The molecule has 6 heteroatoms. The average Bonchev–Trinajstić information content (AvgIpc) is 3.46. The molecule has 1 aliphatic carbocycles. The summed E-state index contributed by atoms with van der Waals surface area (Å²) in [5.74, 6) is 1.58. The van der Waals surface area contributed by atoms with Crippen molar-refractivity contribution in [2.45, 2.75) is 38.8 Å². The molecule has 4 aromatic carbocycles. The highest BCUT2D eigenvalue weighted by Crippen LogP contribution is 2.50. The van der Waals surface area contributed by atoms with Gasteiger partial charge in [0.2, 0.25) is 0 Å². The topological polar surface area (TPSA) is 42.8 Å². The third kappa shape index (κ3) is 5.86. The molecule has 0 unspecified atom stereocenters. The lowest BCUT2D eigenvalue weighted by atomic mass is 9.76. The van der Waals surface area contributed by atoms with E-state index in [2.05, 4.69) is 66.9 Å². The number of nitrogens with zero attached hydrogens (tertiary/aromatic N) is 1. The van der Waals surface area contributed by atoms with Gasteiger partial charge in [-0.05, 0) is 90.9 Å². The van der Waals surface area contributed by atoms with Crippen molar-refractivity contribution in [1.82, 2.24) is 0 Å². The van der Waals surface area contributed by atoms with Gasteiger partial charge in [0.15, 0.2) is 11.5 Å². The summed E-state index contributed by atoms with van der Waals surface area (Å²) >= 11 is 6.59. The standard InChI is InChI=1S/C35H32ClFN2O2/c1-3-40-33-19-24(18-31(36)35(33)41-21-23-6-4-7-26(37)17-23)20-38-27-13-11-25(12-14-27)34-29-9-5-8-28(29)30-16-22(2)10-15-32(30)39-34/h4-8,10-20,28-29,34,39H,3,9,21H2,1-2H3/t28-,29+,34+/m1/s1. The van der Waals surface area contributed by atoms with Crippen LogP contribution in [0.4, 0.5) is 15.8 Å². The van der Waals surface area contributed by atoms with E-state index in [1.807, 2.05) is 13.0 Å². The molecule has 0 bridgehead atoms. The van der Waals surface area contributed by atoms with Gasteiger partial charge in [-0.15, -0.1) is 0 Å². The van der Waals surface area contributed by atoms with Crippen molar-refractivity contribution < 1.29 is 13.9 Å². The molecule has 208 valence electrons. The minimum Gasteiger partial charge on any atom is -0.490 e. The molecule has 0 fully saturated rings. The lowest BCUT2D eigenvalue weighted by Crippen LogP contribution is -2.29. The molecule has 0 saturated heterocycles. The van der Waals surface area contributed by atoms with Crippen LogP contribution in [0.25, 0.3) is 0 Å². The number of allylic oxidation sites excluding steroid dienone is 2. The number of nitrogens with one attached hydrogen (secondary N) is 1. The number of rotatable bonds is 8. The van der Waals surface area contributed by atoms with Crippen LogP contribution in [0.2, 0.25) is 5.02 Å². The average molecular weight is 567 g/mol.